The van der Waals surface area contributed by atoms with E-state index < -0.39 is 0 Å². The van der Waals surface area contributed by atoms with Gasteiger partial charge in [0.1, 0.15) is 5.82 Å². The van der Waals surface area contributed by atoms with Crippen LogP contribution in [0.2, 0.25) is 4.34 Å². The van der Waals surface area contributed by atoms with E-state index in [0.29, 0.717) is 0 Å². The fourth-order valence-electron chi connectivity index (χ4n) is 2.18. The third kappa shape index (κ3) is 2.84. The zero-order chi connectivity index (χ0) is 14.3. The third-order valence-corrected chi connectivity index (χ3v) is 5.12. The van der Waals surface area contributed by atoms with Crippen LogP contribution < -0.4 is 0 Å². The largest absolute Gasteiger partial charge is 0.321 e. The van der Waals surface area contributed by atoms with Crippen molar-refractivity contribution in [2.24, 2.45) is 0 Å². The lowest BCUT2D eigenvalue weighted by atomic mass is 10.3. The van der Waals surface area contributed by atoms with Crippen LogP contribution in [0.1, 0.15) is 23.0 Å². The van der Waals surface area contributed by atoms with Crippen LogP contribution in [0.4, 0.5) is 0 Å². The van der Waals surface area contributed by atoms with Gasteiger partial charge in [-0.2, -0.15) is 0 Å². The lowest BCUT2D eigenvalue weighted by molar-refractivity contribution is 0.750. The highest BCUT2D eigenvalue weighted by Gasteiger charge is 2.16. The van der Waals surface area contributed by atoms with Crippen LogP contribution in [-0.2, 0) is 6.54 Å². The van der Waals surface area contributed by atoms with Crippen LogP contribution in [0.5, 0.6) is 0 Å². The smallest absolute Gasteiger partial charge is 0.128 e. The first-order valence-electron chi connectivity index (χ1n) is 6.08. The Kier molecular flexibility index (Phi) is 4.26. The average molecular weight is 437 g/mol. The molecule has 1 aromatic carbocycles. The highest BCUT2D eigenvalue weighted by Crippen LogP contribution is 2.29. The normalized spacial score (nSPS) is 13.0. The Balaban J connectivity index is 2.13. The molecule has 20 heavy (non-hydrogen) atoms. The molecule has 0 amide bonds. The standard InChI is InChI=1S/C14H11Cl2IN2S/c1-8(15)14-18-11-6-9(17)2-4-12(11)19(14)7-10-3-5-13(16)20-10/h2-6,8H,7H2,1H3. The molecule has 1 atom stereocenters. The molecule has 104 valence electrons. The lowest BCUT2D eigenvalue weighted by Gasteiger charge is -2.09. The topological polar surface area (TPSA) is 17.8 Å². The minimum Gasteiger partial charge on any atom is -0.321 e. The van der Waals surface area contributed by atoms with E-state index in [2.05, 4.69) is 50.3 Å². The van der Waals surface area contributed by atoms with Gasteiger partial charge in [0.2, 0.25) is 0 Å². The van der Waals surface area contributed by atoms with E-state index in [0.717, 1.165) is 27.7 Å². The van der Waals surface area contributed by atoms with Crippen LogP contribution in [0, 0.1) is 3.57 Å². The van der Waals surface area contributed by atoms with Gasteiger partial charge >= 0.3 is 0 Å². The van der Waals surface area contributed by atoms with Crippen molar-refractivity contribution in [2.75, 3.05) is 0 Å². The van der Waals surface area contributed by atoms with Gasteiger partial charge in [-0.25, -0.2) is 4.98 Å². The Bertz CT molecular complexity index is 764. The highest BCUT2D eigenvalue weighted by molar-refractivity contribution is 14.1. The maximum absolute atomic E-state index is 6.28. The second-order valence-corrected chi connectivity index (χ2v) is 8.21. The number of imidazole rings is 1. The molecular weight excluding hydrogens is 426 g/mol. The number of hydrogen-bond donors (Lipinski definition) is 0. The number of rotatable bonds is 3. The van der Waals surface area contributed by atoms with Gasteiger partial charge in [0, 0.05) is 8.45 Å². The maximum atomic E-state index is 6.28. The number of fused-ring (bicyclic) bond motifs is 1. The van der Waals surface area contributed by atoms with Gasteiger partial charge < -0.3 is 4.57 Å². The summed E-state index contributed by atoms with van der Waals surface area (Å²) < 4.78 is 4.15. The van der Waals surface area contributed by atoms with Crippen LogP contribution >= 0.6 is 57.1 Å². The Hall–Kier alpha value is -0.300. The summed E-state index contributed by atoms with van der Waals surface area (Å²) in [6.45, 7) is 2.70. The zero-order valence-corrected chi connectivity index (χ0v) is 15.1. The van der Waals surface area contributed by atoms with Gasteiger partial charge in [-0.1, -0.05) is 11.6 Å². The second kappa shape index (κ2) is 5.83. The van der Waals surface area contributed by atoms with E-state index in [4.69, 9.17) is 23.2 Å². The second-order valence-electron chi connectivity index (χ2n) is 4.51. The molecule has 0 aliphatic heterocycles. The molecule has 0 bridgehead atoms. The van der Waals surface area contributed by atoms with Crippen molar-refractivity contribution in [3.8, 4) is 0 Å². The number of nitrogens with zero attached hydrogens (tertiary/aromatic N) is 2. The third-order valence-electron chi connectivity index (χ3n) is 3.04. The van der Waals surface area contributed by atoms with Gasteiger partial charge in [-0.3, -0.25) is 0 Å². The molecule has 2 aromatic heterocycles. The lowest BCUT2D eigenvalue weighted by Crippen LogP contribution is -2.04. The monoisotopic (exact) mass is 436 g/mol. The molecule has 1 unspecified atom stereocenters. The van der Waals surface area contributed by atoms with Crippen LogP contribution in [0.15, 0.2) is 30.3 Å². The summed E-state index contributed by atoms with van der Waals surface area (Å²) in [6.07, 6.45) is 0. The van der Waals surface area contributed by atoms with Gasteiger partial charge in [0.15, 0.2) is 0 Å². The molecule has 0 fully saturated rings. The molecule has 3 aromatic rings. The molecule has 0 radical (unpaired) electrons. The fraction of sp³-hybridized carbons (Fsp3) is 0.214. The van der Waals surface area contributed by atoms with E-state index in [1.54, 1.807) is 11.3 Å². The van der Waals surface area contributed by atoms with E-state index in [1.165, 1.54) is 8.45 Å². The summed E-state index contributed by atoms with van der Waals surface area (Å²) in [5.74, 6) is 0.896. The predicted molar refractivity (Wildman–Crippen MR) is 95.1 cm³/mol. The fourth-order valence-corrected chi connectivity index (χ4v) is 3.90. The quantitative estimate of drug-likeness (QED) is 0.380. The summed E-state index contributed by atoms with van der Waals surface area (Å²) in [4.78, 5) is 5.87. The Labute approximate surface area is 144 Å². The highest BCUT2D eigenvalue weighted by atomic mass is 127. The van der Waals surface area contributed by atoms with E-state index >= 15 is 0 Å². The molecular formula is C14H11Cl2IN2S. The molecule has 0 aliphatic carbocycles. The van der Waals surface area contributed by atoms with Crippen molar-refractivity contribution in [1.82, 2.24) is 9.55 Å². The molecule has 0 saturated heterocycles. The van der Waals surface area contributed by atoms with E-state index in [1.807, 2.05) is 19.1 Å². The van der Waals surface area contributed by atoms with Gasteiger partial charge in [0.05, 0.1) is 27.3 Å². The summed E-state index contributed by atoms with van der Waals surface area (Å²) in [7, 11) is 0. The first kappa shape index (κ1) is 14.6. The van der Waals surface area contributed by atoms with E-state index in [9.17, 15) is 0 Å². The van der Waals surface area contributed by atoms with Gasteiger partial charge in [0.25, 0.3) is 0 Å². The molecule has 0 N–H and O–H groups in total. The summed E-state index contributed by atoms with van der Waals surface area (Å²) in [5, 5.41) is -0.129. The molecule has 3 rings (SSSR count). The molecule has 0 spiro atoms. The van der Waals surface area contributed by atoms with Crippen molar-refractivity contribution in [2.45, 2.75) is 18.8 Å². The minimum absolute atomic E-state index is 0.129. The van der Waals surface area contributed by atoms with Crippen molar-refractivity contribution >= 4 is 68.2 Å². The number of halogens is 3. The zero-order valence-electron chi connectivity index (χ0n) is 10.6. The van der Waals surface area contributed by atoms with Crippen LogP contribution in [0.3, 0.4) is 0 Å². The number of benzene rings is 1. The molecule has 2 nitrogen and oxygen atoms in total. The van der Waals surface area contributed by atoms with Crippen LogP contribution in [-0.4, -0.2) is 9.55 Å². The van der Waals surface area contributed by atoms with Crippen molar-refractivity contribution in [3.05, 3.63) is 48.9 Å². The predicted octanol–water partition coefficient (Wildman–Crippen LogP) is 5.70. The Morgan fingerprint density at radius 2 is 2.15 bits per heavy atom. The Morgan fingerprint density at radius 3 is 2.80 bits per heavy atom. The van der Waals surface area contributed by atoms with Crippen LogP contribution in [0.25, 0.3) is 11.0 Å². The molecule has 6 heteroatoms. The first-order chi connectivity index (χ1) is 9.54. The number of alkyl halides is 1. The molecule has 0 saturated carbocycles. The average Bonchev–Trinajstić information content (AvgIpc) is 2.94. The summed E-state index contributed by atoms with van der Waals surface area (Å²) in [6, 6.07) is 10.2. The van der Waals surface area contributed by atoms with Crippen molar-refractivity contribution in [1.29, 1.82) is 0 Å². The van der Waals surface area contributed by atoms with E-state index in [-0.39, 0.29) is 5.38 Å². The first-order valence-corrected chi connectivity index (χ1v) is 8.79. The summed E-state index contributed by atoms with van der Waals surface area (Å²) >= 11 is 16.2. The van der Waals surface area contributed by atoms with Gasteiger partial charge in [-0.15, -0.1) is 22.9 Å². The van der Waals surface area contributed by atoms with Crippen molar-refractivity contribution < 1.29 is 0 Å². The van der Waals surface area contributed by atoms with Crippen molar-refractivity contribution in [3.63, 3.8) is 0 Å². The van der Waals surface area contributed by atoms with Gasteiger partial charge in [-0.05, 0) is 59.8 Å². The summed E-state index contributed by atoms with van der Waals surface area (Å²) in [5.41, 5.74) is 2.10. The molecule has 2 heterocycles. The number of hydrogen-bond acceptors (Lipinski definition) is 2. The molecule has 0 aliphatic rings. The number of thiophene rings is 1. The minimum atomic E-state index is -0.129. The maximum Gasteiger partial charge on any atom is 0.128 e. The number of aromatic nitrogens is 2. The SMILES string of the molecule is CC(Cl)c1nc2cc(I)ccc2n1Cc1ccc(Cl)s1. The Morgan fingerprint density at radius 1 is 1.35 bits per heavy atom.